The van der Waals surface area contributed by atoms with Gasteiger partial charge in [0, 0.05) is 19.7 Å². The summed E-state index contributed by atoms with van der Waals surface area (Å²) in [6.07, 6.45) is 4.88. The number of aromatic amines is 1. The molecule has 0 atom stereocenters. The fourth-order valence-electron chi connectivity index (χ4n) is 0.982. The normalized spacial score (nSPS) is 10.5. The molecule has 0 aliphatic rings. The van der Waals surface area contributed by atoms with Gasteiger partial charge < -0.3 is 15.4 Å². The fourth-order valence-corrected chi connectivity index (χ4v) is 0.982. The Morgan fingerprint density at radius 2 is 2.40 bits per heavy atom. The SMILES string of the molecule is CC(=O)NCC=Cc1c[nH]c(=O)c(O)c1. The Labute approximate surface area is 86.5 Å². The van der Waals surface area contributed by atoms with Crippen molar-refractivity contribution in [3.8, 4) is 5.75 Å². The van der Waals surface area contributed by atoms with Crippen LogP contribution in [0.2, 0.25) is 0 Å². The smallest absolute Gasteiger partial charge is 0.290 e. The Morgan fingerprint density at radius 3 is 3.00 bits per heavy atom. The Hall–Kier alpha value is -2.04. The van der Waals surface area contributed by atoms with Crippen molar-refractivity contribution in [1.82, 2.24) is 10.3 Å². The summed E-state index contributed by atoms with van der Waals surface area (Å²) in [5.74, 6) is -0.430. The lowest BCUT2D eigenvalue weighted by Gasteiger charge is -1.96. The molecule has 5 nitrogen and oxygen atoms in total. The van der Waals surface area contributed by atoms with E-state index in [0.717, 1.165) is 0 Å². The molecule has 1 amide bonds. The first kappa shape index (κ1) is 11.0. The fraction of sp³-hybridized carbons (Fsp3) is 0.200. The number of carbonyl (C=O) groups excluding carboxylic acids is 1. The zero-order valence-electron chi connectivity index (χ0n) is 8.28. The van der Waals surface area contributed by atoms with E-state index in [0.29, 0.717) is 12.1 Å². The number of hydrogen-bond acceptors (Lipinski definition) is 3. The third kappa shape index (κ3) is 3.68. The molecule has 0 saturated heterocycles. The van der Waals surface area contributed by atoms with Gasteiger partial charge in [0.2, 0.25) is 5.91 Å². The highest BCUT2D eigenvalue weighted by molar-refractivity contribution is 5.73. The number of aromatic nitrogens is 1. The van der Waals surface area contributed by atoms with Crippen LogP contribution in [0.4, 0.5) is 0 Å². The molecule has 0 aromatic carbocycles. The number of rotatable bonds is 3. The lowest BCUT2D eigenvalue weighted by Crippen LogP contribution is -2.19. The quantitative estimate of drug-likeness (QED) is 0.665. The van der Waals surface area contributed by atoms with Crippen molar-refractivity contribution in [2.45, 2.75) is 6.92 Å². The highest BCUT2D eigenvalue weighted by Gasteiger charge is 1.95. The van der Waals surface area contributed by atoms with Crippen molar-refractivity contribution in [1.29, 1.82) is 0 Å². The molecule has 80 valence electrons. The van der Waals surface area contributed by atoms with Gasteiger partial charge in [-0.25, -0.2) is 0 Å². The van der Waals surface area contributed by atoms with Crippen LogP contribution in [-0.2, 0) is 4.79 Å². The predicted molar refractivity (Wildman–Crippen MR) is 56.4 cm³/mol. The van der Waals surface area contributed by atoms with Crippen molar-refractivity contribution in [2.75, 3.05) is 6.54 Å². The molecular formula is C10H12N2O3. The maximum absolute atomic E-state index is 10.8. The van der Waals surface area contributed by atoms with Crippen molar-refractivity contribution >= 4 is 12.0 Å². The van der Waals surface area contributed by atoms with Crippen LogP contribution in [0.5, 0.6) is 5.75 Å². The highest BCUT2D eigenvalue weighted by atomic mass is 16.3. The maximum Gasteiger partial charge on any atom is 0.290 e. The lowest BCUT2D eigenvalue weighted by atomic mass is 10.2. The number of aromatic hydroxyl groups is 1. The highest BCUT2D eigenvalue weighted by Crippen LogP contribution is 2.04. The summed E-state index contributed by atoms with van der Waals surface area (Å²) in [5, 5.41) is 11.7. The molecule has 0 radical (unpaired) electrons. The van der Waals surface area contributed by atoms with E-state index in [-0.39, 0.29) is 11.7 Å². The van der Waals surface area contributed by atoms with Crippen LogP contribution in [0.1, 0.15) is 12.5 Å². The van der Waals surface area contributed by atoms with E-state index in [4.69, 9.17) is 5.11 Å². The molecule has 1 aromatic rings. The minimum absolute atomic E-state index is 0.107. The minimum Gasteiger partial charge on any atom is -0.503 e. The van der Waals surface area contributed by atoms with E-state index in [1.807, 2.05) is 0 Å². The van der Waals surface area contributed by atoms with E-state index >= 15 is 0 Å². The molecule has 1 rings (SSSR count). The maximum atomic E-state index is 10.8. The topological polar surface area (TPSA) is 82.2 Å². The molecule has 0 bridgehead atoms. The molecule has 3 N–H and O–H groups in total. The van der Waals surface area contributed by atoms with Crippen LogP contribution < -0.4 is 10.9 Å². The predicted octanol–water partition coefficient (Wildman–Crippen LogP) is 0.230. The average Bonchev–Trinajstić information content (AvgIpc) is 2.18. The average molecular weight is 208 g/mol. The number of hydrogen-bond donors (Lipinski definition) is 3. The molecule has 15 heavy (non-hydrogen) atoms. The largest absolute Gasteiger partial charge is 0.503 e. The van der Waals surface area contributed by atoms with Gasteiger partial charge in [-0.2, -0.15) is 0 Å². The van der Waals surface area contributed by atoms with Crippen LogP contribution >= 0.6 is 0 Å². The number of H-pyrrole nitrogens is 1. The summed E-state index contributed by atoms with van der Waals surface area (Å²) in [6.45, 7) is 1.84. The second kappa shape index (κ2) is 4.99. The lowest BCUT2D eigenvalue weighted by molar-refractivity contribution is -0.118. The van der Waals surface area contributed by atoms with Crippen molar-refractivity contribution in [3.05, 3.63) is 34.3 Å². The Bertz CT molecular complexity index is 435. The van der Waals surface area contributed by atoms with Gasteiger partial charge >= 0.3 is 0 Å². The van der Waals surface area contributed by atoms with Gasteiger partial charge in [0.25, 0.3) is 5.56 Å². The van der Waals surface area contributed by atoms with Gasteiger partial charge in [0.1, 0.15) is 0 Å². The van der Waals surface area contributed by atoms with Crippen LogP contribution in [-0.4, -0.2) is 22.5 Å². The van der Waals surface area contributed by atoms with Gasteiger partial charge in [-0.1, -0.05) is 12.2 Å². The van der Waals surface area contributed by atoms with Crippen LogP contribution in [0.15, 0.2) is 23.1 Å². The van der Waals surface area contributed by atoms with Crippen molar-refractivity contribution in [2.24, 2.45) is 0 Å². The van der Waals surface area contributed by atoms with E-state index in [1.54, 1.807) is 12.2 Å². The van der Waals surface area contributed by atoms with Crippen LogP contribution in [0.25, 0.3) is 6.08 Å². The molecule has 0 fully saturated rings. The summed E-state index contributed by atoms with van der Waals surface area (Å²) in [7, 11) is 0. The van der Waals surface area contributed by atoms with Crippen molar-refractivity contribution < 1.29 is 9.90 Å². The number of nitrogens with one attached hydrogen (secondary N) is 2. The Balaban J connectivity index is 2.61. The van der Waals surface area contributed by atoms with Crippen LogP contribution in [0.3, 0.4) is 0 Å². The van der Waals surface area contributed by atoms with E-state index in [2.05, 4.69) is 10.3 Å². The third-order valence-electron chi connectivity index (χ3n) is 1.69. The second-order valence-electron chi connectivity index (χ2n) is 2.99. The van der Waals surface area contributed by atoms with Gasteiger partial charge in [-0.15, -0.1) is 0 Å². The van der Waals surface area contributed by atoms with Crippen LogP contribution in [0, 0.1) is 0 Å². The Morgan fingerprint density at radius 1 is 1.67 bits per heavy atom. The molecule has 0 aliphatic heterocycles. The molecule has 1 heterocycles. The summed E-state index contributed by atoms with van der Waals surface area (Å²) in [4.78, 5) is 23.7. The molecule has 0 saturated carbocycles. The standard InChI is InChI=1S/C10H12N2O3/c1-7(13)11-4-2-3-8-5-9(14)10(15)12-6-8/h2-3,5-6,14H,4H2,1H3,(H,11,13)(H,12,15). The van der Waals surface area contributed by atoms with Gasteiger partial charge in [-0.3, -0.25) is 9.59 Å². The summed E-state index contributed by atoms with van der Waals surface area (Å²) < 4.78 is 0. The van der Waals surface area contributed by atoms with Crippen molar-refractivity contribution in [3.63, 3.8) is 0 Å². The van der Waals surface area contributed by atoms with E-state index < -0.39 is 5.56 Å². The first-order valence-corrected chi connectivity index (χ1v) is 4.42. The molecule has 5 heteroatoms. The molecule has 1 aromatic heterocycles. The van der Waals surface area contributed by atoms with Gasteiger partial charge in [0.15, 0.2) is 5.75 Å². The molecular weight excluding hydrogens is 196 g/mol. The first-order valence-electron chi connectivity index (χ1n) is 4.42. The summed E-state index contributed by atoms with van der Waals surface area (Å²) >= 11 is 0. The second-order valence-corrected chi connectivity index (χ2v) is 2.99. The zero-order chi connectivity index (χ0) is 11.3. The first-order chi connectivity index (χ1) is 7.09. The minimum atomic E-state index is -0.519. The third-order valence-corrected chi connectivity index (χ3v) is 1.69. The number of pyridine rings is 1. The number of carbonyl (C=O) groups is 1. The summed E-state index contributed by atoms with van der Waals surface area (Å²) in [6, 6.07) is 1.35. The van der Waals surface area contributed by atoms with Gasteiger partial charge in [-0.05, 0) is 11.6 Å². The molecule has 0 aliphatic carbocycles. The number of amides is 1. The summed E-state index contributed by atoms with van der Waals surface area (Å²) in [5.41, 5.74) is 0.145. The Kier molecular flexibility index (Phi) is 3.68. The van der Waals surface area contributed by atoms with E-state index in [1.165, 1.54) is 19.2 Å². The monoisotopic (exact) mass is 208 g/mol. The molecule has 0 unspecified atom stereocenters. The van der Waals surface area contributed by atoms with E-state index in [9.17, 15) is 9.59 Å². The zero-order valence-corrected chi connectivity index (χ0v) is 8.28. The van der Waals surface area contributed by atoms with Gasteiger partial charge in [0.05, 0.1) is 0 Å². The molecule has 0 spiro atoms.